The molecule has 1 aromatic rings. The van der Waals surface area contributed by atoms with E-state index in [1.54, 1.807) is 18.3 Å². The quantitative estimate of drug-likeness (QED) is 0.807. The Morgan fingerprint density at radius 2 is 2.25 bits per heavy atom. The van der Waals surface area contributed by atoms with Crippen molar-refractivity contribution in [2.45, 2.75) is 38.1 Å². The van der Waals surface area contributed by atoms with Crippen molar-refractivity contribution in [2.75, 3.05) is 19.0 Å². The second-order valence-electron chi connectivity index (χ2n) is 5.31. The van der Waals surface area contributed by atoms with Gasteiger partial charge in [0.2, 0.25) is 0 Å². The van der Waals surface area contributed by atoms with Gasteiger partial charge >= 0.3 is 5.97 Å². The SMILES string of the molecule is COC(=O)c1ccnc(NC(CN)C2CCCCC2)c1. The number of rotatable bonds is 5. The lowest BCUT2D eigenvalue weighted by atomic mass is 9.84. The van der Waals surface area contributed by atoms with Gasteiger partial charge in [-0.25, -0.2) is 9.78 Å². The minimum Gasteiger partial charge on any atom is -0.465 e. The number of carbonyl (C=O) groups is 1. The predicted molar refractivity (Wildman–Crippen MR) is 78.6 cm³/mol. The highest BCUT2D eigenvalue weighted by Gasteiger charge is 2.22. The first-order valence-electron chi connectivity index (χ1n) is 7.25. The number of esters is 1. The lowest BCUT2D eigenvalue weighted by molar-refractivity contribution is 0.0600. The van der Waals surface area contributed by atoms with Crippen LogP contribution >= 0.6 is 0 Å². The highest BCUT2D eigenvalue weighted by atomic mass is 16.5. The second kappa shape index (κ2) is 7.24. The molecule has 1 aliphatic rings. The molecule has 3 N–H and O–H groups in total. The summed E-state index contributed by atoms with van der Waals surface area (Å²) in [5, 5.41) is 3.37. The Morgan fingerprint density at radius 1 is 1.50 bits per heavy atom. The summed E-state index contributed by atoms with van der Waals surface area (Å²) in [6, 6.07) is 3.59. The zero-order valence-corrected chi connectivity index (χ0v) is 12.0. The Balaban J connectivity index is 2.05. The van der Waals surface area contributed by atoms with E-state index in [1.165, 1.54) is 39.2 Å². The zero-order valence-electron chi connectivity index (χ0n) is 12.0. The van der Waals surface area contributed by atoms with Crippen LogP contribution in [0.2, 0.25) is 0 Å². The second-order valence-corrected chi connectivity index (χ2v) is 5.31. The first-order chi connectivity index (χ1) is 9.74. The molecule has 0 amide bonds. The van der Waals surface area contributed by atoms with Crippen molar-refractivity contribution in [3.63, 3.8) is 0 Å². The summed E-state index contributed by atoms with van der Waals surface area (Å²) in [4.78, 5) is 15.8. The van der Waals surface area contributed by atoms with Crippen molar-refractivity contribution in [2.24, 2.45) is 11.7 Å². The average Bonchev–Trinajstić information content (AvgIpc) is 2.53. The first-order valence-corrected chi connectivity index (χ1v) is 7.25. The molecule has 0 radical (unpaired) electrons. The van der Waals surface area contributed by atoms with E-state index in [2.05, 4.69) is 10.3 Å². The molecule has 1 heterocycles. The fourth-order valence-corrected chi connectivity index (χ4v) is 2.85. The van der Waals surface area contributed by atoms with Gasteiger partial charge in [-0.15, -0.1) is 0 Å². The molecule has 1 unspecified atom stereocenters. The number of methoxy groups -OCH3 is 1. The molecule has 0 saturated heterocycles. The molecule has 20 heavy (non-hydrogen) atoms. The van der Waals surface area contributed by atoms with Crippen LogP contribution in [0.1, 0.15) is 42.5 Å². The van der Waals surface area contributed by atoms with E-state index in [0.29, 0.717) is 23.8 Å². The number of hydrogen-bond acceptors (Lipinski definition) is 5. The minimum atomic E-state index is -0.350. The molecule has 0 bridgehead atoms. The molecule has 1 fully saturated rings. The van der Waals surface area contributed by atoms with Gasteiger partial charge in [0.15, 0.2) is 0 Å². The molecule has 0 aliphatic heterocycles. The molecule has 110 valence electrons. The summed E-state index contributed by atoms with van der Waals surface area (Å²) in [6.45, 7) is 0.578. The summed E-state index contributed by atoms with van der Waals surface area (Å²) in [6.07, 6.45) is 7.92. The van der Waals surface area contributed by atoms with Crippen LogP contribution < -0.4 is 11.1 Å². The van der Waals surface area contributed by atoms with Gasteiger partial charge in [0, 0.05) is 18.8 Å². The van der Waals surface area contributed by atoms with Gasteiger partial charge in [-0.2, -0.15) is 0 Å². The fraction of sp³-hybridized carbons (Fsp3) is 0.600. The predicted octanol–water partition coefficient (Wildman–Crippen LogP) is 2.19. The Labute approximate surface area is 119 Å². The standard InChI is InChI=1S/C15H23N3O2/c1-20-15(19)12-7-8-17-14(9-12)18-13(10-16)11-5-3-2-4-6-11/h7-9,11,13H,2-6,10,16H2,1H3,(H,17,18). The van der Waals surface area contributed by atoms with E-state index in [9.17, 15) is 4.79 Å². The van der Waals surface area contributed by atoms with Crippen molar-refractivity contribution >= 4 is 11.8 Å². The third kappa shape index (κ3) is 3.70. The summed E-state index contributed by atoms with van der Waals surface area (Å²) in [5.74, 6) is 0.934. The topological polar surface area (TPSA) is 77.2 Å². The van der Waals surface area contributed by atoms with E-state index in [4.69, 9.17) is 10.5 Å². The fourth-order valence-electron chi connectivity index (χ4n) is 2.85. The Kier molecular flexibility index (Phi) is 5.35. The van der Waals surface area contributed by atoms with Gasteiger partial charge in [-0.3, -0.25) is 0 Å². The van der Waals surface area contributed by atoms with Gasteiger partial charge in [0.25, 0.3) is 0 Å². The van der Waals surface area contributed by atoms with Crippen LogP contribution in [0.25, 0.3) is 0 Å². The third-order valence-electron chi connectivity index (χ3n) is 3.99. The highest BCUT2D eigenvalue weighted by Crippen LogP contribution is 2.27. The van der Waals surface area contributed by atoms with E-state index in [1.807, 2.05) is 0 Å². The molecule has 1 aliphatic carbocycles. The van der Waals surface area contributed by atoms with Crippen LogP contribution in [0.15, 0.2) is 18.3 Å². The number of anilines is 1. The van der Waals surface area contributed by atoms with Gasteiger partial charge in [-0.05, 0) is 30.9 Å². The van der Waals surface area contributed by atoms with E-state index >= 15 is 0 Å². The number of ether oxygens (including phenoxy) is 1. The molecular weight excluding hydrogens is 254 g/mol. The molecule has 5 nitrogen and oxygen atoms in total. The largest absolute Gasteiger partial charge is 0.465 e. The van der Waals surface area contributed by atoms with Crippen LogP contribution in [0.3, 0.4) is 0 Å². The third-order valence-corrected chi connectivity index (χ3v) is 3.99. The van der Waals surface area contributed by atoms with Crippen molar-refractivity contribution < 1.29 is 9.53 Å². The molecule has 5 heteroatoms. The van der Waals surface area contributed by atoms with Crippen LogP contribution in [0.4, 0.5) is 5.82 Å². The lowest BCUT2D eigenvalue weighted by Crippen LogP contribution is -2.37. The van der Waals surface area contributed by atoms with Crippen molar-refractivity contribution in [1.29, 1.82) is 0 Å². The summed E-state index contributed by atoms with van der Waals surface area (Å²) in [5.41, 5.74) is 6.40. The maximum atomic E-state index is 11.5. The maximum absolute atomic E-state index is 11.5. The van der Waals surface area contributed by atoms with E-state index < -0.39 is 0 Å². The smallest absolute Gasteiger partial charge is 0.338 e. The van der Waals surface area contributed by atoms with Gasteiger partial charge in [0.05, 0.1) is 12.7 Å². The number of nitrogens with zero attached hydrogens (tertiary/aromatic N) is 1. The van der Waals surface area contributed by atoms with E-state index in [-0.39, 0.29) is 12.0 Å². The number of aromatic nitrogens is 1. The highest BCUT2D eigenvalue weighted by molar-refractivity contribution is 5.89. The molecule has 0 spiro atoms. The van der Waals surface area contributed by atoms with E-state index in [0.717, 1.165) is 0 Å². The molecule has 1 aromatic heterocycles. The number of hydrogen-bond donors (Lipinski definition) is 2. The number of nitrogens with two attached hydrogens (primary N) is 1. The molecule has 0 aromatic carbocycles. The summed E-state index contributed by atoms with van der Waals surface area (Å²) in [7, 11) is 1.38. The van der Waals surface area contributed by atoms with Crippen LogP contribution in [0, 0.1) is 5.92 Å². The normalized spacial score (nSPS) is 17.5. The lowest BCUT2D eigenvalue weighted by Gasteiger charge is -2.30. The number of carbonyl (C=O) groups excluding carboxylic acids is 1. The van der Waals surface area contributed by atoms with Crippen LogP contribution in [-0.2, 0) is 4.74 Å². The Hall–Kier alpha value is -1.62. The number of pyridine rings is 1. The summed E-state index contributed by atoms with van der Waals surface area (Å²) >= 11 is 0. The summed E-state index contributed by atoms with van der Waals surface area (Å²) < 4.78 is 4.72. The maximum Gasteiger partial charge on any atom is 0.338 e. The zero-order chi connectivity index (χ0) is 14.4. The Bertz CT molecular complexity index is 444. The van der Waals surface area contributed by atoms with Gasteiger partial charge < -0.3 is 15.8 Å². The minimum absolute atomic E-state index is 0.218. The van der Waals surface area contributed by atoms with Crippen LogP contribution in [0.5, 0.6) is 0 Å². The average molecular weight is 277 g/mol. The molecule has 2 rings (SSSR count). The van der Waals surface area contributed by atoms with Crippen LogP contribution in [-0.4, -0.2) is 30.6 Å². The monoisotopic (exact) mass is 277 g/mol. The molecule has 1 saturated carbocycles. The van der Waals surface area contributed by atoms with Crippen molar-refractivity contribution in [3.05, 3.63) is 23.9 Å². The van der Waals surface area contributed by atoms with Gasteiger partial charge in [0.1, 0.15) is 5.82 Å². The molecule has 1 atom stereocenters. The van der Waals surface area contributed by atoms with Crippen molar-refractivity contribution in [3.8, 4) is 0 Å². The number of nitrogens with one attached hydrogen (secondary N) is 1. The van der Waals surface area contributed by atoms with Crippen molar-refractivity contribution in [1.82, 2.24) is 4.98 Å². The first kappa shape index (κ1) is 14.8. The Morgan fingerprint density at radius 3 is 2.90 bits per heavy atom. The molecular formula is C15H23N3O2. The van der Waals surface area contributed by atoms with Gasteiger partial charge in [-0.1, -0.05) is 19.3 Å².